The van der Waals surface area contributed by atoms with Crippen LogP contribution in [0.4, 0.5) is 0 Å². The quantitative estimate of drug-likeness (QED) is 0.759. The van der Waals surface area contributed by atoms with E-state index in [0.717, 1.165) is 25.3 Å². The Morgan fingerprint density at radius 3 is 2.57 bits per heavy atom. The van der Waals surface area contributed by atoms with Crippen molar-refractivity contribution in [3.05, 3.63) is 65.2 Å². The Morgan fingerprint density at radius 2 is 1.81 bits per heavy atom. The summed E-state index contributed by atoms with van der Waals surface area (Å²) in [5, 5.41) is 3.57. The highest BCUT2D eigenvalue weighted by molar-refractivity contribution is 5.32. The number of hydrogen-bond acceptors (Lipinski definition) is 2. The molecule has 0 bridgehead atoms. The molecule has 2 nitrogen and oxygen atoms in total. The molecule has 0 fully saturated rings. The van der Waals surface area contributed by atoms with Gasteiger partial charge in [-0.2, -0.15) is 0 Å². The molecule has 0 spiro atoms. The van der Waals surface area contributed by atoms with E-state index in [0.29, 0.717) is 6.04 Å². The zero-order chi connectivity index (χ0) is 15.1. The van der Waals surface area contributed by atoms with Gasteiger partial charge in [0.05, 0.1) is 6.61 Å². The van der Waals surface area contributed by atoms with Crippen LogP contribution in [0.5, 0.6) is 5.75 Å². The first-order chi connectivity index (χ1) is 10.2. The summed E-state index contributed by atoms with van der Waals surface area (Å²) in [6.07, 6.45) is 1.00. The van der Waals surface area contributed by atoms with Gasteiger partial charge in [-0.1, -0.05) is 42.0 Å². The lowest BCUT2D eigenvalue weighted by molar-refractivity contribution is 0.305. The minimum atomic E-state index is 0.377. The Morgan fingerprint density at radius 1 is 1.05 bits per heavy atom. The van der Waals surface area contributed by atoms with E-state index in [1.807, 2.05) is 30.3 Å². The Labute approximate surface area is 128 Å². The third-order valence-corrected chi connectivity index (χ3v) is 3.68. The average Bonchev–Trinajstić information content (AvgIpc) is 2.50. The fourth-order valence-electron chi connectivity index (χ4n) is 2.43. The number of ether oxygens (including phenoxy) is 1. The van der Waals surface area contributed by atoms with Crippen LogP contribution in [0.15, 0.2) is 48.5 Å². The summed E-state index contributed by atoms with van der Waals surface area (Å²) in [5.74, 6) is 0.945. The molecule has 0 radical (unpaired) electrons. The molecule has 0 aliphatic heterocycles. The first-order valence-electron chi connectivity index (χ1n) is 7.65. The van der Waals surface area contributed by atoms with Crippen molar-refractivity contribution in [1.82, 2.24) is 5.32 Å². The summed E-state index contributed by atoms with van der Waals surface area (Å²) >= 11 is 0. The topological polar surface area (TPSA) is 21.3 Å². The Hall–Kier alpha value is -1.80. The van der Waals surface area contributed by atoms with Crippen molar-refractivity contribution in [3.8, 4) is 5.75 Å². The van der Waals surface area contributed by atoms with Gasteiger partial charge in [0.25, 0.3) is 0 Å². The number of rotatable bonds is 7. The zero-order valence-corrected chi connectivity index (χ0v) is 13.2. The van der Waals surface area contributed by atoms with Crippen molar-refractivity contribution in [2.45, 2.75) is 33.2 Å². The van der Waals surface area contributed by atoms with Gasteiger partial charge in [0.15, 0.2) is 0 Å². The Balaban J connectivity index is 1.72. The highest BCUT2D eigenvalue weighted by Crippen LogP contribution is 2.18. The molecule has 0 heterocycles. The van der Waals surface area contributed by atoms with Crippen LogP contribution < -0.4 is 10.1 Å². The number of hydrogen-bond donors (Lipinski definition) is 1. The molecule has 0 amide bonds. The first kappa shape index (κ1) is 15.6. The molecule has 1 atom stereocenters. The van der Waals surface area contributed by atoms with Crippen LogP contribution in [0.3, 0.4) is 0 Å². The number of para-hydroxylation sites is 1. The van der Waals surface area contributed by atoms with E-state index in [1.54, 1.807) is 0 Å². The largest absolute Gasteiger partial charge is 0.494 e. The number of benzene rings is 2. The van der Waals surface area contributed by atoms with Crippen LogP contribution in [0, 0.1) is 13.8 Å². The van der Waals surface area contributed by atoms with Gasteiger partial charge in [-0.05, 0) is 57.0 Å². The molecule has 2 heteroatoms. The molecule has 1 N–H and O–H groups in total. The van der Waals surface area contributed by atoms with E-state index in [-0.39, 0.29) is 0 Å². The van der Waals surface area contributed by atoms with E-state index in [2.05, 4.69) is 44.3 Å². The van der Waals surface area contributed by atoms with Crippen LogP contribution in [0.25, 0.3) is 0 Å². The molecule has 0 aliphatic rings. The standard InChI is InChI=1S/C19H25NO/c1-15-10-11-16(2)19(14-15)17(3)20-12-7-13-21-18-8-5-4-6-9-18/h4-6,8-11,14,17,20H,7,12-13H2,1-3H3. The van der Waals surface area contributed by atoms with Gasteiger partial charge in [0.1, 0.15) is 5.75 Å². The smallest absolute Gasteiger partial charge is 0.119 e. The summed E-state index contributed by atoms with van der Waals surface area (Å²) < 4.78 is 5.70. The fraction of sp³-hybridized carbons (Fsp3) is 0.368. The predicted octanol–water partition coefficient (Wildman–Crippen LogP) is 4.42. The van der Waals surface area contributed by atoms with Gasteiger partial charge in [0, 0.05) is 6.04 Å². The molecule has 0 saturated heterocycles. The molecule has 0 aromatic heterocycles. The monoisotopic (exact) mass is 283 g/mol. The second-order valence-corrected chi connectivity index (χ2v) is 5.55. The minimum Gasteiger partial charge on any atom is -0.494 e. The van der Waals surface area contributed by atoms with Crippen molar-refractivity contribution in [1.29, 1.82) is 0 Å². The molecule has 112 valence electrons. The summed E-state index contributed by atoms with van der Waals surface area (Å²) in [7, 11) is 0. The van der Waals surface area contributed by atoms with Gasteiger partial charge >= 0.3 is 0 Å². The van der Waals surface area contributed by atoms with Crippen molar-refractivity contribution >= 4 is 0 Å². The van der Waals surface area contributed by atoms with Crippen LogP contribution in [-0.2, 0) is 0 Å². The molecule has 0 saturated carbocycles. The number of nitrogens with one attached hydrogen (secondary N) is 1. The van der Waals surface area contributed by atoms with E-state index < -0.39 is 0 Å². The van der Waals surface area contributed by atoms with Crippen molar-refractivity contribution < 1.29 is 4.74 Å². The second-order valence-electron chi connectivity index (χ2n) is 5.55. The maximum atomic E-state index is 5.70. The van der Waals surface area contributed by atoms with Gasteiger partial charge in [0.2, 0.25) is 0 Å². The van der Waals surface area contributed by atoms with Crippen LogP contribution in [0.1, 0.15) is 36.1 Å². The maximum absolute atomic E-state index is 5.70. The van der Waals surface area contributed by atoms with Gasteiger partial charge in [-0.3, -0.25) is 0 Å². The van der Waals surface area contributed by atoms with Gasteiger partial charge in [-0.25, -0.2) is 0 Å². The Bertz CT molecular complexity index is 551. The van der Waals surface area contributed by atoms with Crippen LogP contribution in [0.2, 0.25) is 0 Å². The molecule has 0 aliphatic carbocycles. The molecular weight excluding hydrogens is 258 g/mol. The summed E-state index contributed by atoms with van der Waals surface area (Å²) in [6.45, 7) is 8.24. The van der Waals surface area contributed by atoms with Gasteiger partial charge < -0.3 is 10.1 Å². The van der Waals surface area contributed by atoms with E-state index in [9.17, 15) is 0 Å². The lowest BCUT2D eigenvalue weighted by Crippen LogP contribution is -2.22. The molecular formula is C19H25NO. The first-order valence-corrected chi connectivity index (χ1v) is 7.65. The summed E-state index contributed by atoms with van der Waals surface area (Å²) in [6, 6.07) is 17.0. The third-order valence-electron chi connectivity index (χ3n) is 3.68. The van der Waals surface area contributed by atoms with Crippen molar-refractivity contribution in [2.75, 3.05) is 13.2 Å². The van der Waals surface area contributed by atoms with Gasteiger partial charge in [-0.15, -0.1) is 0 Å². The minimum absolute atomic E-state index is 0.377. The lowest BCUT2D eigenvalue weighted by atomic mass is 10.00. The summed E-state index contributed by atoms with van der Waals surface area (Å²) in [4.78, 5) is 0. The summed E-state index contributed by atoms with van der Waals surface area (Å²) in [5.41, 5.74) is 4.05. The van der Waals surface area contributed by atoms with Crippen LogP contribution in [-0.4, -0.2) is 13.2 Å². The normalized spacial score (nSPS) is 12.1. The van der Waals surface area contributed by atoms with E-state index in [1.165, 1.54) is 16.7 Å². The van der Waals surface area contributed by atoms with E-state index >= 15 is 0 Å². The lowest BCUT2D eigenvalue weighted by Gasteiger charge is -2.17. The van der Waals surface area contributed by atoms with Crippen LogP contribution >= 0.6 is 0 Å². The van der Waals surface area contributed by atoms with E-state index in [4.69, 9.17) is 4.74 Å². The molecule has 2 aromatic carbocycles. The fourth-order valence-corrected chi connectivity index (χ4v) is 2.43. The average molecular weight is 283 g/mol. The number of aryl methyl sites for hydroxylation is 2. The second kappa shape index (κ2) is 7.84. The molecule has 2 rings (SSSR count). The van der Waals surface area contributed by atoms with Crippen molar-refractivity contribution in [3.63, 3.8) is 0 Å². The molecule has 21 heavy (non-hydrogen) atoms. The SMILES string of the molecule is Cc1ccc(C)c(C(C)NCCCOc2ccccc2)c1. The molecule has 1 unspecified atom stereocenters. The molecule has 2 aromatic rings. The highest BCUT2D eigenvalue weighted by Gasteiger charge is 2.07. The predicted molar refractivity (Wildman–Crippen MR) is 88.9 cm³/mol. The Kier molecular flexibility index (Phi) is 5.82. The zero-order valence-electron chi connectivity index (χ0n) is 13.2. The third kappa shape index (κ3) is 4.91. The maximum Gasteiger partial charge on any atom is 0.119 e. The highest BCUT2D eigenvalue weighted by atomic mass is 16.5. The van der Waals surface area contributed by atoms with Crippen molar-refractivity contribution in [2.24, 2.45) is 0 Å².